The number of methoxy groups -OCH3 is 1. The summed E-state index contributed by atoms with van der Waals surface area (Å²) >= 11 is 3.23. The first-order valence-corrected chi connectivity index (χ1v) is 11.6. The van der Waals surface area contributed by atoms with Crippen LogP contribution in [0.3, 0.4) is 0 Å². The lowest BCUT2D eigenvalue weighted by Gasteiger charge is -2.23. The molecule has 0 N–H and O–H groups in total. The van der Waals surface area contributed by atoms with Crippen LogP contribution in [0.2, 0.25) is 0 Å². The standard InChI is InChI=1S/C22H24N2O3S2/c1-26-16-9-10-19-20(14-16)29-22(23-19)24(15-17-6-5-12-27-17)21(25)11-13-28-18-7-3-2-4-8-18/h2-4,7-10,14,17H,5-6,11-13,15H2,1H3. The first-order chi connectivity index (χ1) is 14.2. The molecule has 3 aromatic rings. The van der Waals surface area contributed by atoms with Gasteiger partial charge < -0.3 is 9.47 Å². The van der Waals surface area contributed by atoms with E-state index >= 15 is 0 Å². The minimum Gasteiger partial charge on any atom is -0.497 e. The third kappa shape index (κ3) is 5.10. The molecule has 1 amide bonds. The second-order valence-electron chi connectivity index (χ2n) is 6.88. The summed E-state index contributed by atoms with van der Waals surface area (Å²) < 4.78 is 12.1. The van der Waals surface area contributed by atoms with Crippen LogP contribution in [0.5, 0.6) is 5.75 Å². The van der Waals surface area contributed by atoms with Crippen LogP contribution in [-0.2, 0) is 9.53 Å². The van der Waals surface area contributed by atoms with Gasteiger partial charge >= 0.3 is 0 Å². The summed E-state index contributed by atoms with van der Waals surface area (Å²) in [6.07, 6.45) is 2.59. The summed E-state index contributed by atoms with van der Waals surface area (Å²) in [5, 5.41) is 0.735. The summed E-state index contributed by atoms with van der Waals surface area (Å²) in [5.74, 6) is 1.63. The number of carbonyl (C=O) groups is 1. The fraction of sp³-hybridized carbons (Fsp3) is 0.364. The van der Waals surface area contributed by atoms with E-state index < -0.39 is 0 Å². The van der Waals surface area contributed by atoms with Crippen molar-refractivity contribution in [2.75, 3.05) is 30.9 Å². The molecule has 1 aliphatic heterocycles. The molecule has 1 saturated heterocycles. The molecular weight excluding hydrogens is 404 g/mol. The van der Waals surface area contributed by atoms with Crippen molar-refractivity contribution in [3.63, 3.8) is 0 Å². The highest BCUT2D eigenvalue weighted by atomic mass is 32.2. The van der Waals surface area contributed by atoms with Gasteiger partial charge in [0.25, 0.3) is 0 Å². The number of amides is 1. The Kier molecular flexibility index (Phi) is 6.69. The molecule has 5 nitrogen and oxygen atoms in total. The van der Waals surface area contributed by atoms with Crippen molar-refractivity contribution < 1.29 is 14.3 Å². The first kappa shape index (κ1) is 20.2. The van der Waals surface area contributed by atoms with E-state index in [1.165, 1.54) is 16.2 Å². The SMILES string of the molecule is COc1ccc2nc(N(CC3CCCO3)C(=O)CCSc3ccccc3)sc2c1. The molecular formula is C22H24N2O3S2. The number of thioether (sulfide) groups is 1. The predicted octanol–water partition coefficient (Wildman–Crippen LogP) is 5.00. The number of nitrogens with zero attached hydrogens (tertiary/aromatic N) is 2. The molecule has 152 valence electrons. The van der Waals surface area contributed by atoms with E-state index in [-0.39, 0.29) is 12.0 Å². The van der Waals surface area contributed by atoms with Gasteiger partial charge in [0.05, 0.1) is 30.0 Å². The van der Waals surface area contributed by atoms with Crippen molar-refractivity contribution in [3.05, 3.63) is 48.5 Å². The number of aromatic nitrogens is 1. The van der Waals surface area contributed by atoms with Crippen LogP contribution in [0.15, 0.2) is 53.4 Å². The quantitative estimate of drug-likeness (QED) is 0.473. The largest absolute Gasteiger partial charge is 0.497 e. The van der Waals surface area contributed by atoms with Crippen LogP contribution >= 0.6 is 23.1 Å². The van der Waals surface area contributed by atoms with Crippen molar-refractivity contribution in [2.24, 2.45) is 0 Å². The van der Waals surface area contributed by atoms with Crippen LogP contribution in [0.25, 0.3) is 10.2 Å². The van der Waals surface area contributed by atoms with Gasteiger partial charge in [-0.2, -0.15) is 0 Å². The van der Waals surface area contributed by atoms with E-state index in [2.05, 4.69) is 12.1 Å². The molecule has 0 saturated carbocycles. The second-order valence-corrected chi connectivity index (χ2v) is 9.06. The minimum absolute atomic E-state index is 0.0854. The van der Waals surface area contributed by atoms with Gasteiger partial charge in [0.15, 0.2) is 5.13 Å². The Morgan fingerprint density at radius 1 is 1.31 bits per heavy atom. The second kappa shape index (κ2) is 9.61. The van der Waals surface area contributed by atoms with Gasteiger partial charge in [0.1, 0.15) is 5.75 Å². The van der Waals surface area contributed by atoms with Gasteiger partial charge in [-0.25, -0.2) is 4.98 Å². The van der Waals surface area contributed by atoms with Gasteiger partial charge in [-0.3, -0.25) is 9.69 Å². The van der Waals surface area contributed by atoms with E-state index in [0.717, 1.165) is 46.3 Å². The Hall–Kier alpha value is -2.09. The highest BCUT2D eigenvalue weighted by Crippen LogP contribution is 2.33. The molecule has 7 heteroatoms. The molecule has 4 rings (SSSR count). The predicted molar refractivity (Wildman–Crippen MR) is 119 cm³/mol. The minimum atomic E-state index is 0.0854. The molecule has 1 aromatic heterocycles. The number of hydrogen-bond donors (Lipinski definition) is 0. The number of hydrogen-bond acceptors (Lipinski definition) is 6. The van der Waals surface area contributed by atoms with Crippen LogP contribution in [0.1, 0.15) is 19.3 Å². The maximum absolute atomic E-state index is 13.1. The summed E-state index contributed by atoms with van der Waals surface area (Å²) in [6, 6.07) is 16.0. The number of benzene rings is 2. The van der Waals surface area contributed by atoms with Crippen molar-refractivity contribution in [2.45, 2.75) is 30.3 Å². The van der Waals surface area contributed by atoms with Gasteiger partial charge in [-0.15, -0.1) is 11.8 Å². The number of anilines is 1. The highest BCUT2D eigenvalue weighted by molar-refractivity contribution is 7.99. The van der Waals surface area contributed by atoms with Crippen LogP contribution in [-0.4, -0.2) is 43.0 Å². The van der Waals surface area contributed by atoms with E-state index in [1.54, 1.807) is 18.9 Å². The highest BCUT2D eigenvalue weighted by Gasteiger charge is 2.26. The Bertz CT molecular complexity index is 955. The summed E-state index contributed by atoms with van der Waals surface area (Å²) in [7, 11) is 1.65. The number of fused-ring (bicyclic) bond motifs is 1. The molecule has 0 bridgehead atoms. The van der Waals surface area contributed by atoms with Crippen LogP contribution in [0, 0.1) is 0 Å². The number of thiazole rings is 1. The Morgan fingerprint density at radius 3 is 2.93 bits per heavy atom. The van der Waals surface area contributed by atoms with Crippen LogP contribution in [0.4, 0.5) is 5.13 Å². The Morgan fingerprint density at radius 2 is 2.17 bits per heavy atom. The zero-order valence-electron chi connectivity index (χ0n) is 16.4. The average Bonchev–Trinajstić information content (AvgIpc) is 3.41. The lowest BCUT2D eigenvalue weighted by molar-refractivity contribution is -0.118. The molecule has 2 aromatic carbocycles. The summed E-state index contributed by atoms with van der Waals surface area (Å²) in [5.41, 5.74) is 0.884. The number of ether oxygens (including phenoxy) is 2. The molecule has 1 unspecified atom stereocenters. The molecule has 0 radical (unpaired) electrons. The van der Waals surface area contributed by atoms with Gasteiger partial charge in [-0.05, 0) is 43.2 Å². The number of carbonyl (C=O) groups excluding carboxylic acids is 1. The van der Waals surface area contributed by atoms with Crippen LogP contribution < -0.4 is 9.64 Å². The molecule has 0 aliphatic carbocycles. The molecule has 0 spiro atoms. The Labute approximate surface area is 179 Å². The van der Waals surface area contributed by atoms with Gasteiger partial charge in [-0.1, -0.05) is 29.5 Å². The van der Waals surface area contributed by atoms with E-state index in [0.29, 0.717) is 13.0 Å². The zero-order chi connectivity index (χ0) is 20.1. The van der Waals surface area contributed by atoms with E-state index in [4.69, 9.17) is 14.5 Å². The van der Waals surface area contributed by atoms with Gasteiger partial charge in [0, 0.05) is 23.7 Å². The van der Waals surface area contributed by atoms with Crippen molar-refractivity contribution in [3.8, 4) is 5.75 Å². The maximum Gasteiger partial charge on any atom is 0.229 e. The zero-order valence-corrected chi connectivity index (χ0v) is 18.0. The van der Waals surface area contributed by atoms with Crippen molar-refractivity contribution in [1.29, 1.82) is 0 Å². The third-order valence-corrected chi connectivity index (χ3v) is 6.91. The maximum atomic E-state index is 13.1. The average molecular weight is 429 g/mol. The summed E-state index contributed by atoms with van der Waals surface area (Å²) in [4.78, 5) is 20.8. The first-order valence-electron chi connectivity index (χ1n) is 9.77. The third-order valence-electron chi connectivity index (χ3n) is 4.85. The topological polar surface area (TPSA) is 51.7 Å². The fourth-order valence-electron chi connectivity index (χ4n) is 3.32. The smallest absolute Gasteiger partial charge is 0.229 e. The molecule has 1 fully saturated rings. The van der Waals surface area contributed by atoms with E-state index in [9.17, 15) is 4.79 Å². The van der Waals surface area contributed by atoms with Crippen molar-refractivity contribution >= 4 is 44.4 Å². The van der Waals surface area contributed by atoms with Crippen molar-refractivity contribution in [1.82, 2.24) is 4.98 Å². The molecule has 2 heterocycles. The van der Waals surface area contributed by atoms with Gasteiger partial charge in [0.2, 0.25) is 5.91 Å². The molecule has 29 heavy (non-hydrogen) atoms. The summed E-state index contributed by atoms with van der Waals surface area (Å²) in [6.45, 7) is 1.33. The normalized spacial score (nSPS) is 16.2. The van der Waals surface area contributed by atoms with E-state index in [1.807, 2.05) is 41.3 Å². The molecule has 1 atom stereocenters. The Balaban J connectivity index is 1.50. The lowest BCUT2D eigenvalue weighted by Crippen LogP contribution is -2.37. The fourth-order valence-corrected chi connectivity index (χ4v) is 5.20. The number of rotatable bonds is 8. The molecule has 1 aliphatic rings. The monoisotopic (exact) mass is 428 g/mol. The lowest BCUT2D eigenvalue weighted by atomic mass is 10.2.